The third-order valence-electron chi connectivity index (χ3n) is 6.93. The summed E-state index contributed by atoms with van der Waals surface area (Å²) in [7, 11) is 0. The van der Waals surface area contributed by atoms with Crippen LogP contribution in [0, 0.1) is 0 Å². The second-order valence-corrected chi connectivity index (χ2v) is 11.1. The van der Waals surface area contributed by atoms with E-state index in [9.17, 15) is 4.79 Å². The molecule has 0 aromatic heterocycles. The van der Waals surface area contributed by atoms with Crippen molar-refractivity contribution in [3.63, 3.8) is 0 Å². The molecular formula is C37H66O12. The van der Waals surface area contributed by atoms with E-state index in [4.69, 9.17) is 52.1 Å². The first-order chi connectivity index (χ1) is 24.3. The summed E-state index contributed by atoms with van der Waals surface area (Å²) in [5.74, 6) is -0.140. The highest BCUT2D eigenvalue weighted by Crippen LogP contribution is 2.08. The van der Waals surface area contributed by atoms with Gasteiger partial charge in [0.05, 0.1) is 132 Å². The summed E-state index contributed by atoms with van der Waals surface area (Å²) in [6.07, 6.45) is 8.80. The molecule has 286 valence electrons. The van der Waals surface area contributed by atoms with Gasteiger partial charge < -0.3 is 52.1 Å². The van der Waals surface area contributed by atoms with Gasteiger partial charge in [-0.3, -0.25) is 4.79 Å². The predicted molar refractivity (Wildman–Crippen MR) is 187 cm³/mol. The molecule has 0 saturated carbocycles. The van der Waals surface area contributed by atoms with E-state index >= 15 is 0 Å². The van der Waals surface area contributed by atoms with Crippen LogP contribution in [0.15, 0.2) is 30.3 Å². The van der Waals surface area contributed by atoms with Crippen LogP contribution in [-0.2, 0) is 63.5 Å². The maximum Gasteiger partial charge on any atom is 0.305 e. The summed E-state index contributed by atoms with van der Waals surface area (Å²) in [5.41, 5.74) is 1.16. The largest absolute Gasteiger partial charge is 0.463 e. The van der Waals surface area contributed by atoms with Gasteiger partial charge in [-0.2, -0.15) is 0 Å². The van der Waals surface area contributed by atoms with Crippen molar-refractivity contribution in [3.8, 4) is 0 Å². The first-order valence-electron chi connectivity index (χ1n) is 18.3. The Morgan fingerprint density at radius 1 is 0.408 bits per heavy atom. The van der Waals surface area contributed by atoms with Crippen LogP contribution in [0.2, 0.25) is 0 Å². The second-order valence-electron chi connectivity index (χ2n) is 11.1. The maximum atomic E-state index is 11.7. The highest BCUT2D eigenvalue weighted by molar-refractivity contribution is 5.69. The first kappa shape index (κ1) is 45.3. The van der Waals surface area contributed by atoms with E-state index in [1.807, 2.05) is 30.3 Å². The molecule has 1 aromatic carbocycles. The van der Waals surface area contributed by atoms with Crippen molar-refractivity contribution in [2.24, 2.45) is 0 Å². The highest BCUT2D eigenvalue weighted by atomic mass is 16.6. The summed E-state index contributed by atoms with van der Waals surface area (Å²) in [4.78, 5) is 11.7. The molecular weight excluding hydrogens is 636 g/mol. The average Bonchev–Trinajstić information content (AvgIpc) is 3.12. The van der Waals surface area contributed by atoms with Crippen LogP contribution in [0.4, 0.5) is 0 Å². The summed E-state index contributed by atoms with van der Waals surface area (Å²) >= 11 is 0. The van der Waals surface area contributed by atoms with Crippen molar-refractivity contribution < 1.29 is 56.9 Å². The number of carbonyl (C=O) groups is 1. The third-order valence-corrected chi connectivity index (χ3v) is 6.93. The molecule has 0 aliphatic rings. The van der Waals surface area contributed by atoms with Gasteiger partial charge >= 0.3 is 5.97 Å². The zero-order chi connectivity index (χ0) is 35.0. The minimum absolute atomic E-state index is 0.140. The molecule has 12 nitrogen and oxygen atoms in total. The fourth-order valence-corrected chi connectivity index (χ4v) is 4.26. The highest BCUT2D eigenvalue weighted by Gasteiger charge is 2.03. The van der Waals surface area contributed by atoms with Crippen LogP contribution in [0.25, 0.3) is 0 Å². The van der Waals surface area contributed by atoms with Crippen LogP contribution >= 0.6 is 0 Å². The first-order valence-corrected chi connectivity index (χ1v) is 18.3. The fourth-order valence-electron chi connectivity index (χ4n) is 4.26. The monoisotopic (exact) mass is 702 g/mol. The smallest absolute Gasteiger partial charge is 0.305 e. The summed E-state index contributed by atoms with van der Waals surface area (Å²) in [6, 6.07) is 10.1. The van der Waals surface area contributed by atoms with Crippen LogP contribution in [-0.4, -0.2) is 138 Å². The maximum absolute atomic E-state index is 11.7. The molecule has 0 fully saturated rings. The zero-order valence-electron chi connectivity index (χ0n) is 30.3. The number of ether oxygens (including phenoxy) is 11. The van der Waals surface area contributed by atoms with E-state index < -0.39 is 0 Å². The van der Waals surface area contributed by atoms with Gasteiger partial charge in [0, 0.05) is 6.42 Å². The molecule has 0 aliphatic heterocycles. The number of hydrogen-bond acceptors (Lipinski definition) is 12. The molecule has 49 heavy (non-hydrogen) atoms. The van der Waals surface area contributed by atoms with Gasteiger partial charge in [-0.1, -0.05) is 75.8 Å². The Hall–Kier alpha value is -1.71. The zero-order valence-corrected chi connectivity index (χ0v) is 30.3. The number of hydrogen-bond donors (Lipinski definition) is 0. The minimum atomic E-state index is -0.140. The summed E-state index contributed by atoms with van der Waals surface area (Å²) in [5, 5.41) is 0. The third kappa shape index (κ3) is 35.9. The quantitative estimate of drug-likeness (QED) is 0.0674. The Balaban J connectivity index is 1.63. The number of carbonyl (C=O) groups excluding carboxylic acids is 1. The molecule has 0 heterocycles. The van der Waals surface area contributed by atoms with E-state index in [-0.39, 0.29) is 12.6 Å². The van der Waals surface area contributed by atoms with Gasteiger partial charge in [0.1, 0.15) is 6.61 Å². The van der Waals surface area contributed by atoms with Gasteiger partial charge in [-0.25, -0.2) is 0 Å². The van der Waals surface area contributed by atoms with Crippen molar-refractivity contribution >= 4 is 5.97 Å². The second kappa shape index (κ2) is 39.1. The van der Waals surface area contributed by atoms with E-state index in [1.54, 1.807) is 0 Å². The topological polar surface area (TPSA) is 119 Å². The molecule has 0 radical (unpaired) electrons. The lowest BCUT2D eigenvalue weighted by Crippen LogP contribution is -2.15. The van der Waals surface area contributed by atoms with Gasteiger partial charge in [-0.15, -0.1) is 0 Å². The molecule has 0 unspecified atom stereocenters. The minimum Gasteiger partial charge on any atom is -0.463 e. The number of benzene rings is 1. The van der Waals surface area contributed by atoms with E-state index in [0.717, 1.165) is 18.4 Å². The Kier molecular flexibility index (Phi) is 36.1. The molecule has 0 spiro atoms. The van der Waals surface area contributed by atoms with Crippen molar-refractivity contribution in [1.82, 2.24) is 0 Å². The van der Waals surface area contributed by atoms with Crippen molar-refractivity contribution in [2.45, 2.75) is 64.9 Å². The number of esters is 1. The van der Waals surface area contributed by atoms with Gasteiger partial charge in [0.25, 0.3) is 0 Å². The Labute approximate surface area is 295 Å². The van der Waals surface area contributed by atoms with Gasteiger partial charge in [-0.05, 0) is 12.0 Å². The van der Waals surface area contributed by atoms with E-state index in [2.05, 4.69) is 6.92 Å². The van der Waals surface area contributed by atoms with Crippen LogP contribution < -0.4 is 0 Å². The standard InChI is InChI=1S/C37H66O12/c1-2-3-4-5-6-7-11-14-37(38)49-34-33-47-30-29-45-26-25-43-22-21-41-18-17-39-15-16-40-19-20-42-23-24-44-27-28-46-31-32-48-35-36-12-9-8-10-13-36/h8-10,12-13H,2-7,11,14-35H2,1H3. The normalized spacial score (nSPS) is 11.4. The van der Waals surface area contributed by atoms with Crippen molar-refractivity contribution in [1.29, 1.82) is 0 Å². The summed E-state index contributed by atoms with van der Waals surface area (Å²) in [6.45, 7) is 12.6. The lowest BCUT2D eigenvalue weighted by Gasteiger charge is -2.09. The average molecular weight is 703 g/mol. The van der Waals surface area contributed by atoms with Crippen molar-refractivity contribution in [2.75, 3.05) is 132 Å². The van der Waals surface area contributed by atoms with Gasteiger partial charge in [0.2, 0.25) is 0 Å². The fraction of sp³-hybridized carbons (Fsp3) is 0.811. The van der Waals surface area contributed by atoms with E-state index in [0.29, 0.717) is 139 Å². The Bertz CT molecular complexity index is 786. The Morgan fingerprint density at radius 3 is 1.12 bits per heavy atom. The molecule has 12 heteroatoms. The van der Waals surface area contributed by atoms with E-state index in [1.165, 1.54) is 32.1 Å². The van der Waals surface area contributed by atoms with Crippen LogP contribution in [0.5, 0.6) is 0 Å². The van der Waals surface area contributed by atoms with Crippen LogP contribution in [0.1, 0.15) is 63.9 Å². The number of unbranched alkanes of at least 4 members (excludes halogenated alkanes) is 6. The molecule has 0 N–H and O–H groups in total. The molecule has 1 aromatic rings. The van der Waals surface area contributed by atoms with Gasteiger partial charge in [0.15, 0.2) is 0 Å². The molecule has 0 amide bonds. The lowest BCUT2D eigenvalue weighted by molar-refractivity contribution is -0.145. The SMILES string of the molecule is CCCCCCCCCC(=O)OCCOCCOCCOCCOCCOCCOCCOCCOCCOCCOCc1ccccc1. The number of rotatable bonds is 40. The predicted octanol–water partition coefficient (Wildman–Crippen LogP) is 5.04. The Morgan fingerprint density at radius 2 is 0.735 bits per heavy atom. The molecule has 0 aliphatic carbocycles. The molecule has 0 saturated heterocycles. The lowest BCUT2D eigenvalue weighted by atomic mass is 10.1. The van der Waals surface area contributed by atoms with Crippen molar-refractivity contribution in [3.05, 3.63) is 35.9 Å². The molecule has 0 atom stereocenters. The summed E-state index contributed by atoms with van der Waals surface area (Å²) < 4.78 is 60.1. The van der Waals surface area contributed by atoms with Crippen LogP contribution in [0.3, 0.4) is 0 Å². The molecule has 1 rings (SSSR count). The molecule has 0 bridgehead atoms.